The van der Waals surface area contributed by atoms with Crippen LogP contribution in [0.15, 0.2) is 6.07 Å². The molecule has 0 aromatic carbocycles. The van der Waals surface area contributed by atoms with Gasteiger partial charge in [0.05, 0.1) is 5.92 Å². The van der Waals surface area contributed by atoms with Gasteiger partial charge < -0.3 is 15.9 Å². The Balaban J connectivity index is 1.76. The number of alkyl halides is 3. The van der Waals surface area contributed by atoms with E-state index in [0.717, 1.165) is 5.06 Å². The predicted octanol–water partition coefficient (Wildman–Crippen LogP) is -0.117. The molecule has 0 unspecified atom stereocenters. The third kappa shape index (κ3) is 3.17. The summed E-state index contributed by atoms with van der Waals surface area (Å²) in [7, 11) is 0. The van der Waals surface area contributed by atoms with E-state index in [-0.39, 0.29) is 24.7 Å². The monoisotopic (exact) mass is 293 g/mol. The van der Waals surface area contributed by atoms with E-state index >= 15 is 0 Å². The fourth-order valence-electron chi connectivity index (χ4n) is 1.48. The maximum Gasteiger partial charge on any atom is 0.492 e. The van der Waals surface area contributed by atoms with Gasteiger partial charge in [-0.05, 0) is 0 Å². The van der Waals surface area contributed by atoms with Gasteiger partial charge in [0.1, 0.15) is 11.6 Å². The minimum absolute atomic E-state index is 0.114. The molecule has 11 heteroatoms. The highest BCUT2D eigenvalue weighted by Gasteiger charge is 2.45. The Labute approximate surface area is 110 Å². The molecule has 0 radical (unpaired) electrons. The molecule has 0 aliphatic carbocycles. The van der Waals surface area contributed by atoms with E-state index in [4.69, 9.17) is 5.73 Å². The summed E-state index contributed by atoms with van der Waals surface area (Å²) in [5, 5.41) is 9.24. The van der Waals surface area contributed by atoms with E-state index in [1.54, 1.807) is 0 Å². The Bertz CT molecular complexity index is 523. The predicted molar refractivity (Wildman–Crippen MR) is 58.8 cm³/mol. The van der Waals surface area contributed by atoms with Crippen LogP contribution in [0.5, 0.6) is 0 Å². The number of nitrogens with zero attached hydrogens (tertiary/aromatic N) is 2. The molecular formula is C9H10F3N5O3. The maximum atomic E-state index is 11.9. The van der Waals surface area contributed by atoms with Crippen LogP contribution >= 0.6 is 0 Å². The number of nitrogen functional groups attached to an aromatic ring is 1. The third-order valence-electron chi connectivity index (χ3n) is 2.52. The van der Waals surface area contributed by atoms with Crippen LogP contribution in [0.2, 0.25) is 0 Å². The lowest BCUT2D eigenvalue weighted by molar-refractivity contribution is -0.256. The van der Waals surface area contributed by atoms with Crippen LogP contribution in [-0.2, 0) is 14.4 Å². The average Bonchev–Trinajstić information content (AvgIpc) is 2.66. The number of hydrogen-bond acceptors (Lipinski definition) is 6. The SMILES string of the molecule is Nc1cc(NC(=O)C2CN(OC(=O)C(F)(F)F)C2)[nH]n1. The zero-order chi connectivity index (χ0) is 14.9. The van der Waals surface area contributed by atoms with Crippen LogP contribution in [0.3, 0.4) is 0 Å². The first kappa shape index (κ1) is 14.1. The van der Waals surface area contributed by atoms with E-state index in [0.29, 0.717) is 0 Å². The summed E-state index contributed by atoms with van der Waals surface area (Å²) >= 11 is 0. The van der Waals surface area contributed by atoms with Crippen molar-refractivity contribution in [1.29, 1.82) is 0 Å². The molecule has 2 heterocycles. The lowest BCUT2D eigenvalue weighted by Crippen LogP contribution is -2.53. The van der Waals surface area contributed by atoms with Crippen molar-refractivity contribution in [2.45, 2.75) is 6.18 Å². The number of aromatic amines is 1. The number of nitrogens with two attached hydrogens (primary N) is 1. The Kier molecular flexibility index (Phi) is 3.53. The highest BCUT2D eigenvalue weighted by molar-refractivity contribution is 5.92. The largest absolute Gasteiger partial charge is 0.492 e. The van der Waals surface area contributed by atoms with Gasteiger partial charge in [-0.1, -0.05) is 0 Å². The normalized spacial score (nSPS) is 16.6. The van der Waals surface area contributed by atoms with Crippen LogP contribution in [0.4, 0.5) is 24.8 Å². The number of hydroxylamine groups is 2. The van der Waals surface area contributed by atoms with Gasteiger partial charge in [0, 0.05) is 19.2 Å². The smallest absolute Gasteiger partial charge is 0.382 e. The molecule has 110 valence electrons. The minimum Gasteiger partial charge on any atom is -0.382 e. The number of amides is 1. The number of H-pyrrole nitrogens is 1. The summed E-state index contributed by atoms with van der Waals surface area (Å²) in [6.07, 6.45) is -5.05. The number of nitrogens with one attached hydrogen (secondary N) is 2. The summed E-state index contributed by atoms with van der Waals surface area (Å²) < 4.78 is 35.7. The van der Waals surface area contributed by atoms with Crippen molar-refractivity contribution in [1.82, 2.24) is 15.3 Å². The van der Waals surface area contributed by atoms with Gasteiger partial charge in [-0.25, -0.2) is 4.79 Å². The van der Waals surface area contributed by atoms with Gasteiger partial charge in [-0.2, -0.15) is 18.3 Å². The van der Waals surface area contributed by atoms with Crippen LogP contribution < -0.4 is 11.1 Å². The van der Waals surface area contributed by atoms with Crippen molar-refractivity contribution < 1.29 is 27.6 Å². The minimum atomic E-state index is -5.05. The maximum absolute atomic E-state index is 11.9. The standard InChI is InChI=1S/C9H10F3N5O3/c10-9(11,12)8(19)20-17-2-4(3-17)7(18)14-6-1-5(13)15-16-6/h1,4H,2-3H2,(H4,13,14,15,16,18). The van der Waals surface area contributed by atoms with Crippen molar-refractivity contribution in [3.63, 3.8) is 0 Å². The highest BCUT2D eigenvalue weighted by atomic mass is 19.4. The first-order valence-electron chi connectivity index (χ1n) is 5.41. The second kappa shape index (κ2) is 5.00. The summed E-state index contributed by atoms with van der Waals surface area (Å²) in [4.78, 5) is 26.2. The highest BCUT2D eigenvalue weighted by Crippen LogP contribution is 2.22. The zero-order valence-corrected chi connectivity index (χ0v) is 9.90. The number of hydrogen-bond donors (Lipinski definition) is 3. The number of carbonyl (C=O) groups is 2. The topological polar surface area (TPSA) is 113 Å². The summed E-state index contributed by atoms with van der Waals surface area (Å²) in [5.41, 5.74) is 5.33. The Morgan fingerprint density at radius 3 is 2.65 bits per heavy atom. The molecule has 1 aliphatic rings. The molecule has 1 aliphatic heterocycles. The van der Waals surface area contributed by atoms with Gasteiger partial charge in [-0.15, -0.1) is 5.06 Å². The van der Waals surface area contributed by atoms with Gasteiger partial charge in [0.25, 0.3) is 0 Å². The van der Waals surface area contributed by atoms with E-state index in [9.17, 15) is 22.8 Å². The number of halogens is 3. The second-order valence-corrected chi connectivity index (χ2v) is 4.12. The fourth-order valence-corrected chi connectivity index (χ4v) is 1.48. The molecule has 0 spiro atoms. The molecule has 1 aromatic heterocycles. The summed E-state index contributed by atoms with van der Waals surface area (Å²) in [6.45, 7) is -0.228. The summed E-state index contributed by atoms with van der Waals surface area (Å²) in [6, 6.07) is 1.39. The zero-order valence-electron chi connectivity index (χ0n) is 9.90. The van der Waals surface area contributed by atoms with E-state index < -0.39 is 24.0 Å². The Morgan fingerprint density at radius 2 is 2.15 bits per heavy atom. The Hall–Kier alpha value is -2.30. The molecule has 1 amide bonds. The van der Waals surface area contributed by atoms with Crippen molar-refractivity contribution in [3.05, 3.63) is 6.07 Å². The number of aromatic nitrogens is 2. The lowest BCUT2D eigenvalue weighted by atomic mass is 10.0. The quantitative estimate of drug-likeness (QED) is 0.716. The number of rotatable bonds is 3. The van der Waals surface area contributed by atoms with Gasteiger partial charge in [0.2, 0.25) is 5.91 Å². The molecule has 1 fully saturated rings. The number of anilines is 2. The molecule has 2 rings (SSSR count). The molecule has 8 nitrogen and oxygen atoms in total. The van der Waals surface area contributed by atoms with Crippen molar-refractivity contribution in [3.8, 4) is 0 Å². The van der Waals surface area contributed by atoms with Gasteiger partial charge in [-0.3, -0.25) is 9.89 Å². The summed E-state index contributed by atoms with van der Waals surface area (Å²) in [5.74, 6) is -2.86. The fraction of sp³-hybridized carbons (Fsp3) is 0.444. The molecule has 0 bridgehead atoms. The van der Waals surface area contributed by atoms with Crippen molar-refractivity contribution in [2.75, 3.05) is 24.1 Å². The van der Waals surface area contributed by atoms with Crippen LogP contribution in [0.25, 0.3) is 0 Å². The average molecular weight is 293 g/mol. The Morgan fingerprint density at radius 1 is 1.50 bits per heavy atom. The third-order valence-corrected chi connectivity index (χ3v) is 2.52. The molecule has 0 atom stereocenters. The second-order valence-electron chi connectivity index (χ2n) is 4.12. The number of carbonyl (C=O) groups excluding carboxylic acids is 2. The van der Waals surface area contributed by atoms with Gasteiger partial charge in [0.15, 0.2) is 0 Å². The first-order chi connectivity index (χ1) is 9.25. The molecule has 4 N–H and O–H groups in total. The molecular weight excluding hydrogens is 283 g/mol. The molecule has 20 heavy (non-hydrogen) atoms. The molecule has 1 saturated heterocycles. The van der Waals surface area contributed by atoms with Crippen LogP contribution in [-0.4, -0.2) is 46.4 Å². The van der Waals surface area contributed by atoms with Gasteiger partial charge >= 0.3 is 12.1 Å². The van der Waals surface area contributed by atoms with E-state index in [1.165, 1.54) is 6.07 Å². The van der Waals surface area contributed by atoms with Crippen LogP contribution in [0.1, 0.15) is 0 Å². The van der Waals surface area contributed by atoms with Crippen LogP contribution in [0, 0.1) is 5.92 Å². The molecule has 0 saturated carbocycles. The van der Waals surface area contributed by atoms with E-state index in [1.807, 2.05) is 0 Å². The molecule has 1 aromatic rings. The van der Waals surface area contributed by atoms with Crippen molar-refractivity contribution in [2.24, 2.45) is 5.92 Å². The van der Waals surface area contributed by atoms with Crippen molar-refractivity contribution >= 4 is 23.5 Å². The first-order valence-corrected chi connectivity index (χ1v) is 5.41. The van der Waals surface area contributed by atoms with E-state index in [2.05, 4.69) is 20.4 Å². The lowest BCUT2D eigenvalue weighted by Gasteiger charge is -2.35.